The van der Waals surface area contributed by atoms with E-state index in [1.54, 1.807) is 7.11 Å². The highest BCUT2D eigenvalue weighted by Crippen LogP contribution is 2.34. The number of nitrogens with one attached hydrogen (secondary N) is 1. The van der Waals surface area contributed by atoms with Crippen molar-refractivity contribution in [1.29, 1.82) is 0 Å². The lowest BCUT2D eigenvalue weighted by atomic mass is 10.1. The number of hydrogen-bond acceptors (Lipinski definition) is 3. The summed E-state index contributed by atoms with van der Waals surface area (Å²) >= 11 is 6.39. The molecular weight excluding hydrogens is 310 g/mol. The Balaban J connectivity index is 1.69. The Kier molecular flexibility index (Phi) is 5.09. The van der Waals surface area contributed by atoms with E-state index in [1.165, 1.54) is 18.4 Å². The predicted molar refractivity (Wildman–Crippen MR) is 93.4 cm³/mol. The summed E-state index contributed by atoms with van der Waals surface area (Å²) in [5, 5.41) is 4.17. The van der Waals surface area contributed by atoms with Crippen molar-refractivity contribution in [2.45, 2.75) is 39.0 Å². The lowest BCUT2D eigenvalue weighted by Gasteiger charge is -2.14. The number of halogens is 1. The predicted octanol–water partition coefficient (Wildman–Crippen LogP) is 4.49. The van der Waals surface area contributed by atoms with Gasteiger partial charge < -0.3 is 14.8 Å². The molecule has 0 heterocycles. The number of rotatable bonds is 7. The highest BCUT2D eigenvalue weighted by Gasteiger charge is 2.21. The second kappa shape index (κ2) is 7.24. The molecule has 0 atom stereocenters. The van der Waals surface area contributed by atoms with Gasteiger partial charge in [-0.2, -0.15) is 0 Å². The zero-order chi connectivity index (χ0) is 16.2. The Morgan fingerprint density at radius 2 is 1.87 bits per heavy atom. The summed E-state index contributed by atoms with van der Waals surface area (Å²) in [5.41, 5.74) is 3.40. The van der Waals surface area contributed by atoms with Crippen LogP contribution in [-0.4, -0.2) is 13.2 Å². The second-order valence-corrected chi connectivity index (χ2v) is 6.43. The normalized spacial score (nSPS) is 13.9. The zero-order valence-electron chi connectivity index (χ0n) is 13.6. The summed E-state index contributed by atoms with van der Waals surface area (Å²) in [7, 11) is 1.65. The largest absolute Gasteiger partial charge is 0.493 e. The van der Waals surface area contributed by atoms with Crippen LogP contribution in [0.2, 0.25) is 5.02 Å². The molecule has 0 aromatic heterocycles. The van der Waals surface area contributed by atoms with Crippen molar-refractivity contribution in [2.24, 2.45) is 0 Å². The topological polar surface area (TPSA) is 30.5 Å². The molecule has 1 fully saturated rings. The SMILES string of the molecule is COc1cc(CNC2CC2)c(Cl)cc1OCc1ccc(C)cc1. The first kappa shape index (κ1) is 16.2. The molecule has 1 aliphatic rings. The summed E-state index contributed by atoms with van der Waals surface area (Å²) in [4.78, 5) is 0. The van der Waals surface area contributed by atoms with E-state index >= 15 is 0 Å². The van der Waals surface area contributed by atoms with Crippen LogP contribution in [0.25, 0.3) is 0 Å². The van der Waals surface area contributed by atoms with Crippen molar-refractivity contribution >= 4 is 11.6 Å². The molecule has 1 aliphatic carbocycles. The van der Waals surface area contributed by atoms with Crippen LogP contribution >= 0.6 is 11.6 Å². The molecule has 0 bridgehead atoms. The molecule has 0 unspecified atom stereocenters. The number of methoxy groups -OCH3 is 1. The molecule has 23 heavy (non-hydrogen) atoms. The maximum absolute atomic E-state index is 6.39. The summed E-state index contributed by atoms with van der Waals surface area (Å²) in [6.45, 7) is 3.33. The average Bonchev–Trinajstić information content (AvgIpc) is 3.37. The number of aryl methyl sites for hydroxylation is 1. The average molecular weight is 332 g/mol. The van der Waals surface area contributed by atoms with Crippen molar-refractivity contribution in [1.82, 2.24) is 5.32 Å². The van der Waals surface area contributed by atoms with Gasteiger partial charge in [-0.05, 0) is 37.0 Å². The third kappa shape index (κ3) is 4.40. The number of benzene rings is 2. The fourth-order valence-corrected chi connectivity index (χ4v) is 2.59. The van der Waals surface area contributed by atoms with E-state index in [-0.39, 0.29) is 0 Å². The molecule has 2 aromatic rings. The van der Waals surface area contributed by atoms with E-state index in [1.807, 2.05) is 12.1 Å². The molecule has 3 nitrogen and oxygen atoms in total. The van der Waals surface area contributed by atoms with Gasteiger partial charge in [-0.25, -0.2) is 0 Å². The van der Waals surface area contributed by atoms with Gasteiger partial charge in [0.1, 0.15) is 6.61 Å². The van der Waals surface area contributed by atoms with E-state index in [2.05, 4.69) is 36.5 Å². The summed E-state index contributed by atoms with van der Waals surface area (Å²) in [6.07, 6.45) is 2.51. The van der Waals surface area contributed by atoms with Crippen LogP contribution in [0, 0.1) is 6.92 Å². The van der Waals surface area contributed by atoms with Crippen LogP contribution in [-0.2, 0) is 13.2 Å². The van der Waals surface area contributed by atoms with Gasteiger partial charge >= 0.3 is 0 Å². The van der Waals surface area contributed by atoms with E-state index in [0.29, 0.717) is 29.2 Å². The van der Waals surface area contributed by atoms with Gasteiger partial charge in [0, 0.05) is 23.7 Å². The minimum atomic E-state index is 0.493. The molecule has 1 saturated carbocycles. The quantitative estimate of drug-likeness (QED) is 0.811. The fourth-order valence-electron chi connectivity index (χ4n) is 2.37. The first-order valence-electron chi connectivity index (χ1n) is 7.94. The minimum Gasteiger partial charge on any atom is -0.493 e. The molecule has 4 heteroatoms. The Hall–Kier alpha value is -1.71. The first-order chi connectivity index (χ1) is 11.2. The zero-order valence-corrected chi connectivity index (χ0v) is 14.3. The van der Waals surface area contributed by atoms with Gasteiger partial charge in [-0.3, -0.25) is 0 Å². The van der Waals surface area contributed by atoms with Crippen molar-refractivity contribution in [3.8, 4) is 11.5 Å². The third-order valence-electron chi connectivity index (χ3n) is 4.01. The van der Waals surface area contributed by atoms with E-state index in [0.717, 1.165) is 17.7 Å². The Bertz CT molecular complexity index is 666. The Morgan fingerprint density at radius 1 is 1.13 bits per heavy atom. The molecule has 1 N–H and O–H groups in total. The number of ether oxygens (including phenoxy) is 2. The molecule has 3 rings (SSSR count). The monoisotopic (exact) mass is 331 g/mol. The molecule has 0 aliphatic heterocycles. The molecule has 0 amide bonds. The molecular formula is C19H22ClNO2. The summed E-state index contributed by atoms with van der Waals surface area (Å²) < 4.78 is 11.4. The first-order valence-corrected chi connectivity index (χ1v) is 8.31. The molecule has 2 aromatic carbocycles. The van der Waals surface area contributed by atoms with Gasteiger partial charge in [-0.1, -0.05) is 41.4 Å². The Labute approximate surface area is 142 Å². The van der Waals surface area contributed by atoms with Crippen LogP contribution in [0.15, 0.2) is 36.4 Å². The summed E-state index contributed by atoms with van der Waals surface area (Å²) in [5.74, 6) is 1.39. The fraction of sp³-hybridized carbons (Fsp3) is 0.368. The highest BCUT2D eigenvalue weighted by atomic mass is 35.5. The van der Waals surface area contributed by atoms with Crippen molar-refractivity contribution in [3.05, 3.63) is 58.1 Å². The van der Waals surface area contributed by atoms with Crippen LogP contribution in [0.1, 0.15) is 29.5 Å². The molecule has 0 radical (unpaired) electrons. The van der Waals surface area contributed by atoms with Crippen molar-refractivity contribution in [3.63, 3.8) is 0 Å². The van der Waals surface area contributed by atoms with Crippen molar-refractivity contribution < 1.29 is 9.47 Å². The third-order valence-corrected chi connectivity index (χ3v) is 4.36. The standard InChI is InChI=1S/C19H22ClNO2/c1-13-3-5-14(6-4-13)12-23-19-10-17(20)15(9-18(19)22-2)11-21-16-7-8-16/h3-6,9-10,16,21H,7-8,11-12H2,1-2H3. The van der Waals surface area contributed by atoms with Gasteiger partial charge in [0.2, 0.25) is 0 Å². The van der Waals surface area contributed by atoms with E-state index < -0.39 is 0 Å². The lowest BCUT2D eigenvalue weighted by Crippen LogP contribution is -2.15. The van der Waals surface area contributed by atoms with Crippen LogP contribution in [0.3, 0.4) is 0 Å². The van der Waals surface area contributed by atoms with Crippen molar-refractivity contribution in [2.75, 3.05) is 7.11 Å². The van der Waals surface area contributed by atoms with Crippen LogP contribution < -0.4 is 14.8 Å². The van der Waals surface area contributed by atoms with Gasteiger partial charge in [0.25, 0.3) is 0 Å². The smallest absolute Gasteiger partial charge is 0.163 e. The van der Waals surface area contributed by atoms with Gasteiger partial charge in [-0.15, -0.1) is 0 Å². The van der Waals surface area contributed by atoms with Gasteiger partial charge in [0.05, 0.1) is 7.11 Å². The molecule has 122 valence electrons. The maximum atomic E-state index is 6.39. The molecule has 0 saturated heterocycles. The minimum absolute atomic E-state index is 0.493. The van der Waals surface area contributed by atoms with E-state index in [4.69, 9.17) is 21.1 Å². The maximum Gasteiger partial charge on any atom is 0.163 e. The highest BCUT2D eigenvalue weighted by molar-refractivity contribution is 6.31. The lowest BCUT2D eigenvalue weighted by molar-refractivity contribution is 0.284. The van der Waals surface area contributed by atoms with Crippen LogP contribution in [0.4, 0.5) is 0 Å². The summed E-state index contributed by atoms with van der Waals surface area (Å²) in [6, 6.07) is 12.7. The number of hydrogen-bond donors (Lipinski definition) is 1. The Morgan fingerprint density at radius 3 is 2.52 bits per heavy atom. The second-order valence-electron chi connectivity index (χ2n) is 6.02. The van der Waals surface area contributed by atoms with Crippen LogP contribution in [0.5, 0.6) is 11.5 Å². The van der Waals surface area contributed by atoms with E-state index in [9.17, 15) is 0 Å². The molecule has 0 spiro atoms. The van der Waals surface area contributed by atoms with Gasteiger partial charge in [0.15, 0.2) is 11.5 Å².